The highest BCUT2D eigenvalue weighted by Gasteiger charge is 2.36. The third kappa shape index (κ3) is 4.95. The molecule has 0 saturated heterocycles. The lowest BCUT2D eigenvalue weighted by molar-refractivity contribution is 0.0641. The molecule has 8 nitrogen and oxygen atoms in total. The van der Waals surface area contributed by atoms with Crippen LogP contribution in [0.3, 0.4) is 0 Å². The summed E-state index contributed by atoms with van der Waals surface area (Å²) in [6, 6.07) is 21.4. The molecule has 3 aromatic carbocycles. The number of thiocarbonyl (C=S) groups is 1. The molecular formula is C26H21N5O3S2. The minimum absolute atomic E-state index is 0.110. The Morgan fingerprint density at radius 1 is 0.944 bits per heavy atom. The van der Waals surface area contributed by atoms with E-state index < -0.39 is 0 Å². The van der Waals surface area contributed by atoms with Gasteiger partial charge in [0.2, 0.25) is 0 Å². The summed E-state index contributed by atoms with van der Waals surface area (Å²) in [4.78, 5) is 39.6. The number of rotatable bonds is 6. The van der Waals surface area contributed by atoms with Crippen LogP contribution >= 0.6 is 23.8 Å². The van der Waals surface area contributed by atoms with E-state index in [1.54, 1.807) is 42.6 Å². The maximum absolute atomic E-state index is 12.9. The quantitative estimate of drug-likeness (QED) is 0.206. The molecule has 1 aliphatic rings. The molecule has 1 aliphatic heterocycles. The number of nitrogens with zero attached hydrogens (tertiary/aromatic N) is 2. The molecule has 0 radical (unpaired) electrons. The summed E-state index contributed by atoms with van der Waals surface area (Å²) in [7, 11) is 0. The molecule has 4 aromatic rings. The van der Waals surface area contributed by atoms with E-state index in [1.807, 2.05) is 36.4 Å². The lowest BCUT2D eigenvalue weighted by Gasteiger charge is -2.25. The van der Waals surface area contributed by atoms with E-state index in [0.29, 0.717) is 23.1 Å². The molecular weight excluding hydrogens is 494 g/mol. The number of benzene rings is 3. The fourth-order valence-electron chi connectivity index (χ4n) is 4.09. The zero-order valence-electron chi connectivity index (χ0n) is 18.9. The van der Waals surface area contributed by atoms with E-state index in [0.717, 1.165) is 15.6 Å². The molecule has 0 fully saturated rings. The van der Waals surface area contributed by atoms with Crippen molar-refractivity contribution in [2.45, 2.75) is 12.5 Å². The third-order valence-corrected chi connectivity index (χ3v) is 6.83. The number of hydrazine groups is 1. The van der Waals surface area contributed by atoms with Crippen LogP contribution in [-0.4, -0.2) is 44.7 Å². The van der Waals surface area contributed by atoms with Gasteiger partial charge in [-0.1, -0.05) is 48.5 Å². The highest BCUT2D eigenvalue weighted by atomic mass is 32.1. The first kappa shape index (κ1) is 23.6. The average molecular weight is 516 g/mol. The van der Waals surface area contributed by atoms with Crippen LogP contribution in [0.5, 0.6) is 0 Å². The van der Waals surface area contributed by atoms with Crippen LogP contribution in [0.1, 0.15) is 36.6 Å². The minimum Gasteiger partial charge on any atom is -0.356 e. The summed E-state index contributed by atoms with van der Waals surface area (Å²) >= 11 is 6.73. The zero-order chi connectivity index (χ0) is 25.1. The van der Waals surface area contributed by atoms with E-state index in [9.17, 15) is 14.4 Å². The Morgan fingerprint density at radius 3 is 2.36 bits per heavy atom. The topological polar surface area (TPSA) is 103 Å². The maximum Gasteiger partial charge on any atom is 0.269 e. The Morgan fingerprint density at radius 2 is 1.64 bits per heavy atom. The molecule has 0 spiro atoms. The first-order chi connectivity index (χ1) is 17.5. The standard InChI is InChI=1S/C26H21N5O3S2/c32-23(17-10-11-18-14-27-36-22(18)13-17)29-30-26(35)28-19(12-16-6-2-1-3-7-16)15-31-24(33)20-8-4-5-9-21(20)25(31)34/h1-11,13-14,19H,12,15H2,(H,29,32)(H2,28,30,35)/t19-/m1/s1. The average Bonchev–Trinajstić information content (AvgIpc) is 3.46. The van der Waals surface area contributed by atoms with Crippen molar-refractivity contribution in [1.82, 2.24) is 25.4 Å². The van der Waals surface area contributed by atoms with Gasteiger partial charge in [0.05, 0.1) is 21.9 Å². The predicted octanol–water partition coefficient (Wildman–Crippen LogP) is 3.31. The summed E-state index contributed by atoms with van der Waals surface area (Å²) in [6.45, 7) is 0.110. The molecule has 0 aliphatic carbocycles. The van der Waals surface area contributed by atoms with Gasteiger partial charge in [0, 0.05) is 23.7 Å². The predicted molar refractivity (Wildman–Crippen MR) is 142 cm³/mol. The smallest absolute Gasteiger partial charge is 0.269 e. The zero-order valence-corrected chi connectivity index (χ0v) is 20.6. The SMILES string of the molecule is O=C(NNC(=S)N[C@H](Cc1ccccc1)CN1C(=O)c2ccccc2C1=O)c1ccc2cnsc2c1. The van der Waals surface area contributed by atoms with E-state index >= 15 is 0 Å². The summed E-state index contributed by atoms with van der Waals surface area (Å²) < 4.78 is 5.03. The normalized spacial score (nSPS) is 13.4. The van der Waals surface area contributed by atoms with Crippen LogP contribution in [0.2, 0.25) is 0 Å². The van der Waals surface area contributed by atoms with Crippen molar-refractivity contribution in [1.29, 1.82) is 0 Å². The van der Waals surface area contributed by atoms with Crippen LogP contribution in [-0.2, 0) is 6.42 Å². The summed E-state index contributed by atoms with van der Waals surface area (Å²) in [5.74, 6) is -1.02. The first-order valence-electron chi connectivity index (χ1n) is 11.2. The summed E-state index contributed by atoms with van der Waals surface area (Å²) in [5, 5.41) is 4.28. The van der Waals surface area contributed by atoms with Crippen molar-refractivity contribution >= 4 is 56.7 Å². The first-order valence-corrected chi connectivity index (χ1v) is 12.4. The lowest BCUT2D eigenvalue weighted by Crippen LogP contribution is -2.53. The van der Waals surface area contributed by atoms with Crippen molar-refractivity contribution in [2.24, 2.45) is 0 Å². The van der Waals surface area contributed by atoms with E-state index in [4.69, 9.17) is 12.2 Å². The Balaban J connectivity index is 1.26. The molecule has 0 bridgehead atoms. The van der Waals surface area contributed by atoms with Gasteiger partial charge in [-0.15, -0.1) is 0 Å². The van der Waals surface area contributed by atoms with E-state index in [-0.39, 0.29) is 35.4 Å². The van der Waals surface area contributed by atoms with Crippen LogP contribution in [0.25, 0.3) is 10.1 Å². The van der Waals surface area contributed by atoms with Gasteiger partial charge in [-0.05, 0) is 60.0 Å². The number of nitrogens with one attached hydrogen (secondary N) is 3. The monoisotopic (exact) mass is 515 g/mol. The summed E-state index contributed by atoms with van der Waals surface area (Å²) in [6.07, 6.45) is 2.26. The molecule has 10 heteroatoms. The summed E-state index contributed by atoms with van der Waals surface area (Å²) in [5.41, 5.74) is 7.59. The number of fused-ring (bicyclic) bond motifs is 2. The van der Waals surface area contributed by atoms with Gasteiger partial charge in [-0.2, -0.15) is 4.37 Å². The van der Waals surface area contributed by atoms with E-state index in [1.165, 1.54) is 16.4 Å². The van der Waals surface area contributed by atoms with Crippen molar-refractivity contribution in [2.75, 3.05) is 6.54 Å². The second-order valence-electron chi connectivity index (χ2n) is 8.28. The van der Waals surface area contributed by atoms with E-state index in [2.05, 4.69) is 20.5 Å². The molecule has 0 unspecified atom stereocenters. The largest absolute Gasteiger partial charge is 0.356 e. The molecule has 180 valence electrons. The van der Waals surface area contributed by atoms with Crippen LogP contribution < -0.4 is 16.2 Å². The van der Waals surface area contributed by atoms with Gasteiger partial charge in [-0.25, -0.2) is 0 Å². The Labute approximate surface area is 216 Å². The van der Waals surface area contributed by atoms with Crippen LogP contribution in [0, 0.1) is 0 Å². The van der Waals surface area contributed by atoms with Gasteiger partial charge in [0.15, 0.2) is 5.11 Å². The minimum atomic E-state index is -0.389. The number of amides is 3. The van der Waals surface area contributed by atoms with Crippen molar-refractivity contribution < 1.29 is 14.4 Å². The molecule has 0 saturated carbocycles. The fraction of sp³-hybridized carbons (Fsp3) is 0.115. The highest BCUT2D eigenvalue weighted by molar-refractivity contribution is 7.80. The third-order valence-electron chi connectivity index (χ3n) is 5.85. The van der Waals surface area contributed by atoms with Crippen LogP contribution in [0.4, 0.5) is 0 Å². The Bertz CT molecular complexity index is 1440. The molecule has 1 atom stereocenters. The highest BCUT2D eigenvalue weighted by Crippen LogP contribution is 2.23. The van der Waals surface area contributed by atoms with Crippen LogP contribution in [0.15, 0.2) is 79.0 Å². The molecule has 3 amide bonds. The van der Waals surface area contributed by atoms with Gasteiger partial charge in [0.1, 0.15) is 0 Å². The molecule has 36 heavy (non-hydrogen) atoms. The number of hydrogen-bond donors (Lipinski definition) is 3. The Hall–Kier alpha value is -4.15. The molecule has 3 N–H and O–H groups in total. The number of imide groups is 1. The number of carbonyl (C=O) groups excluding carboxylic acids is 3. The second-order valence-corrected chi connectivity index (χ2v) is 9.53. The fourth-order valence-corrected chi connectivity index (χ4v) is 5.00. The maximum atomic E-state index is 12.9. The van der Waals surface area contributed by atoms with Crippen molar-refractivity contribution in [3.8, 4) is 0 Å². The van der Waals surface area contributed by atoms with Gasteiger partial charge in [-0.3, -0.25) is 30.1 Å². The van der Waals surface area contributed by atoms with Crippen molar-refractivity contribution in [3.05, 3.63) is 101 Å². The van der Waals surface area contributed by atoms with Gasteiger partial charge < -0.3 is 5.32 Å². The van der Waals surface area contributed by atoms with Gasteiger partial charge >= 0.3 is 0 Å². The van der Waals surface area contributed by atoms with Gasteiger partial charge in [0.25, 0.3) is 17.7 Å². The second kappa shape index (κ2) is 10.2. The lowest BCUT2D eigenvalue weighted by atomic mass is 10.1. The number of aromatic nitrogens is 1. The molecule has 1 aromatic heterocycles. The van der Waals surface area contributed by atoms with Crippen molar-refractivity contribution in [3.63, 3.8) is 0 Å². The number of carbonyl (C=O) groups is 3. The number of hydrogen-bond acceptors (Lipinski definition) is 6. The molecule has 5 rings (SSSR count). The molecule has 2 heterocycles. The Kier molecular flexibility index (Phi) is 6.70.